The third-order valence-electron chi connectivity index (χ3n) is 4.77. The summed E-state index contributed by atoms with van der Waals surface area (Å²) >= 11 is 2.00. The van der Waals surface area contributed by atoms with Crippen molar-refractivity contribution in [2.45, 2.75) is 29.7 Å². The molecule has 1 fully saturated rings. The number of benzene rings is 1. The Bertz CT molecular complexity index is 1430. The summed E-state index contributed by atoms with van der Waals surface area (Å²) in [6.45, 7) is 0. The largest absolute Gasteiger partial charge is 0.291 e. The second-order valence-electron chi connectivity index (χ2n) is 6.86. The number of rotatable bonds is 6. The zero-order valence-electron chi connectivity index (χ0n) is 15.4. The molecule has 1 aliphatic carbocycles. The number of halogens is 2. The minimum absolute atomic E-state index is 0.0766. The maximum atomic E-state index is 13.0. The lowest BCUT2D eigenvalue weighted by atomic mass is 10.1. The van der Waals surface area contributed by atoms with Crippen LogP contribution in [0.4, 0.5) is 8.78 Å². The molecule has 1 aliphatic rings. The van der Waals surface area contributed by atoms with Gasteiger partial charge in [-0.3, -0.25) is 0 Å². The molecular weight excluding hydrogens is 468 g/mol. The smallest absolute Gasteiger partial charge is 0.245 e. The van der Waals surface area contributed by atoms with Crippen molar-refractivity contribution >= 4 is 43.6 Å². The van der Waals surface area contributed by atoms with E-state index in [0.29, 0.717) is 46.3 Å². The Morgan fingerprint density at radius 3 is 2.71 bits per heavy atom. The number of nitriles is 1. The van der Waals surface area contributed by atoms with Gasteiger partial charge >= 0.3 is 0 Å². The van der Waals surface area contributed by atoms with E-state index in [9.17, 15) is 22.5 Å². The van der Waals surface area contributed by atoms with Gasteiger partial charge in [0.25, 0.3) is 6.43 Å². The van der Waals surface area contributed by atoms with Gasteiger partial charge in [-0.25, -0.2) is 26.9 Å². The lowest BCUT2D eigenvalue weighted by molar-refractivity contribution is 0.150. The quantitative estimate of drug-likeness (QED) is 0.450. The van der Waals surface area contributed by atoms with Gasteiger partial charge in [0.15, 0.2) is 5.01 Å². The number of thiazole rings is 1. The first-order valence-electron chi connectivity index (χ1n) is 8.79. The third kappa shape index (κ3) is 3.49. The molecule has 158 valence electrons. The second-order valence-corrected chi connectivity index (χ2v) is 10.2. The van der Waals surface area contributed by atoms with Gasteiger partial charge in [-0.2, -0.15) is 15.1 Å². The molecule has 0 saturated heterocycles. The van der Waals surface area contributed by atoms with Crippen molar-refractivity contribution in [3.05, 3.63) is 34.2 Å². The highest BCUT2D eigenvalue weighted by atomic mass is 32.2. The van der Waals surface area contributed by atoms with E-state index in [-0.39, 0.29) is 10.0 Å². The van der Waals surface area contributed by atoms with E-state index in [1.54, 1.807) is 10.9 Å². The van der Waals surface area contributed by atoms with Gasteiger partial charge in [-0.1, -0.05) is 11.3 Å². The fourth-order valence-corrected chi connectivity index (χ4v) is 5.69. The van der Waals surface area contributed by atoms with Crippen molar-refractivity contribution in [2.75, 3.05) is 0 Å². The highest BCUT2D eigenvalue weighted by molar-refractivity contribution is 7.89. The van der Waals surface area contributed by atoms with Crippen LogP contribution in [0.25, 0.3) is 27.3 Å². The summed E-state index contributed by atoms with van der Waals surface area (Å²) in [6.07, 6.45) is -0.416. The van der Waals surface area contributed by atoms with E-state index in [2.05, 4.69) is 25.0 Å². The Hall–Kier alpha value is -2.86. The van der Waals surface area contributed by atoms with E-state index in [0.717, 1.165) is 0 Å². The Morgan fingerprint density at radius 1 is 1.29 bits per heavy atom. The number of hydrogen-bond donors (Lipinski definition) is 1. The van der Waals surface area contributed by atoms with Crippen LogP contribution in [0, 0.1) is 11.3 Å². The monoisotopic (exact) mass is 479 g/mol. The molecule has 1 saturated carbocycles. The topological polar surface area (TPSA) is 126 Å². The van der Waals surface area contributed by atoms with E-state index in [4.69, 9.17) is 0 Å². The van der Waals surface area contributed by atoms with Crippen LogP contribution in [0.3, 0.4) is 0 Å². The maximum Gasteiger partial charge on any atom is 0.291 e. The summed E-state index contributed by atoms with van der Waals surface area (Å²) in [5.74, 6) is 0. The molecule has 9 nitrogen and oxygen atoms in total. The minimum Gasteiger partial charge on any atom is -0.245 e. The predicted molar refractivity (Wildman–Crippen MR) is 109 cm³/mol. The van der Waals surface area contributed by atoms with Crippen LogP contribution in [0.1, 0.15) is 24.3 Å². The fraction of sp³-hybridized carbons (Fsp3) is 0.235. The summed E-state index contributed by atoms with van der Waals surface area (Å²) in [7, 11) is -4.05. The summed E-state index contributed by atoms with van der Waals surface area (Å²) in [5, 5.41) is 22.7. The van der Waals surface area contributed by atoms with E-state index in [1.165, 1.54) is 34.3 Å². The fourth-order valence-electron chi connectivity index (χ4n) is 3.04. The Balaban J connectivity index is 1.71. The highest BCUT2D eigenvalue weighted by Gasteiger charge is 2.47. The van der Waals surface area contributed by atoms with Crippen LogP contribution in [0.5, 0.6) is 0 Å². The van der Waals surface area contributed by atoms with E-state index in [1.807, 2.05) is 6.07 Å². The average Bonchev–Trinajstić information content (AvgIpc) is 3.21. The second kappa shape index (κ2) is 7.09. The zero-order chi connectivity index (χ0) is 21.8. The molecule has 0 spiro atoms. The molecule has 0 aliphatic heterocycles. The molecule has 0 amide bonds. The van der Waals surface area contributed by atoms with Gasteiger partial charge in [0.1, 0.15) is 5.54 Å². The van der Waals surface area contributed by atoms with Crippen molar-refractivity contribution in [2.24, 2.45) is 0 Å². The summed E-state index contributed by atoms with van der Waals surface area (Å²) in [4.78, 5) is 4.17. The van der Waals surface area contributed by atoms with Crippen LogP contribution < -0.4 is 4.72 Å². The summed E-state index contributed by atoms with van der Waals surface area (Å²) in [6, 6.07) is 4.83. The molecule has 0 unspecified atom stereocenters. The Morgan fingerprint density at radius 2 is 2.10 bits per heavy atom. The van der Waals surface area contributed by atoms with Crippen LogP contribution in [-0.2, 0) is 10.0 Å². The number of alkyl halides is 2. The van der Waals surface area contributed by atoms with Crippen LogP contribution in [-0.4, -0.2) is 38.9 Å². The van der Waals surface area contributed by atoms with Gasteiger partial charge in [0.2, 0.25) is 15.2 Å². The maximum absolute atomic E-state index is 13.0. The molecule has 1 aromatic carbocycles. The zero-order valence-corrected chi connectivity index (χ0v) is 17.8. The van der Waals surface area contributed by atoms with Crippen LogP contribution in [0.15, 0.2) is 34.1 Å². The molecule has 4 aromatic rings. The molecule has 0 atom stereocenters. The number of aromatic nitrogens is 5. The third-order valence-corrected chi connectivity index (χ3v) is 7.78. The van der Waals surface area contributed by atoms with Crippen molar-refractivity contribution in [1.29, 1.82) is 5.26 Å². The predicted octanol–water partition coefficient (Wildman–Crippen LogP) is 3.27. The molecule has 3 heterocycles. The highest BCUT2D eigenvalue weighted by Crippen LogP contribution is 2.38. The molecule has 3 aromatic heterocycles. The first-order valence-corrected chi connectivity index (χ1v) is 12.0. The Kier molecular flexibility index (Phi) is 4.59. The van der Waals surface area contributed by atoms with Gasteiger partial charge in [-0.05, 0) is 25.0 Å². The van der Waals surface area contributed by atoms with E-state index >= 15 is 0 Å². The molecule has 31 heavy (non-hydrogen) atoms. The number of nitrogens with zero attached hydrogens (tertiary/aromatic N) is 6. The van der Waals surface area contributed by atoms with Crippen molar-refractivity contribution < 1.29 is 17.2 Å². The van der Waals surface area contributed by atoms with Gasteiger partial charge in [-0.15, -0.1) is 21.5 Å². The lowest BCUT2D eigenvalue weighted by Gasteiger charge is -2.12. The first kappa shape index (κ1) is 20.1. The first-order chi connectivity index (χ1) is 14.8. The standard InChI is InChI=1S/C17H11F2N7O2S3/c18-14(19)15-23-24-16(30-15)26-13-4-9(31(27,28)25-17(7-20)1-2-17)3-10(11(13)5-22-26)12-6-29-8-21-12/h3-6,8,14,25H,1-2H2. The number of hydrogen-bond acceptors (Lipinski definition) is 9. The number of sulfonamides is 1. The number of fused-ring (bicyclic) bond motifs is 1. The van der Waals surface area contributed by atoms with Gasteiger partial charge in [0, 0.05) is 16.3 Å². The lowest BCUT2D eigenvalue weighted by Crippen LogP contribution is -2.35. The van der Waals surface area contributed by atoms with Crippen molar-refractivity contribution in [3.8, 4) is 22.5 Å². The molecular formula is C17H11F2N7O2S3. The van der Waals surface area contributed by atoms with Crippen molar-refractivity contribution in [1.82, 2.24) is 29.7 Å². The average molecular weight is 480 g/mol. The molecule has 5 rings (SSSR count). The summed E-state index contributed by atoms with van der Waals surface area (Å²) < 4.78 is 55.7. The van der Waals surface area contributed by atoms with Crippen LogP contribution in [0.2, 0.25) is 0 Å². The molecule has 0 bridgehead atoms. The SMILES string of the molecule is N#CC1(NS(=O)(=O)c2cc(-c3cscn3)c3cnn(-c4nnc(C(F)F)s4)c3c2)CC1. The van der Waals surface area contributed by atoms with Gasteiger partial charge < -0.3 is 0 Å². The normalized spacial score (nSPS) is 15.4. The van der Waals surface area contributed by atoms with Crippen LogP contribution >= 0.6 is 22.7 Å². The molecule has 0 radical (unpaired) electrons. The number of nitrogens with one attached hydrogen (secondary N) is 1. The van der Waals surface area contributed by atoms with Gasteiger partial charge in [0.05, 0.1) is 33.9 Å². The minimum atomic E-state index is -4.05. The summed E-state index contributed by atoms with van der Waals surface area (Å²) in [5.41, 5.74) is 1.90. The molecule has 1 N–H and O–H groups in total. The van der Waals surface area contributed by atoms with Crippen molar-refractivity contribution in [3.63, 3.8) is 0 Å². The Labute approximate surface area is 182 Å². The molecule has 14 heteroatoms. The van der Waals surface area contributed by atoms with E-state index < -0.39 is 27.0 Å².